The summed E-state index contributed by atoms with van der Waals surface area (Å²) in [6, 6.07) is 12.3. The second-order valence-corrected chi connectivity index (χ2v) is 7.28. The average Bonchev–Trinajstić information content (AvgIpc) is 2.49. The van der Waals surface area contributed by atoms with E-state index in [1.54, 1.807) is 0 Å². The normalized spacial score (nSPS) is 23.2. The Morgan fingerprint density at radius 3 is 2.57 bits per heavy atom. The fourth-order valence-corrected chi connectivity index (χ4v) is 3.36. The highest BCUT2D eigenvalue weighted by atomic mass is 15.2. The second kappa shape index (κ2) is 7.42. The second-order valence-electron chi connectivity index (χ2n) is 7.28. The van der Waals surface area contributed by atoms with Gasteiger partial charge in [0.05, 0.1) is 0 Å². The van der Waals surface area contributed by atoms with Crippen LogP contribution in [0.4, 0.5) is 0 Å². The monoisotopic (exact) mass is 288 g/mol. The molecule has 1 heterocycles. The van der Waals surface area contributed by atoms with Gasteiger partial charge in [-0.3, -0.25) is 4.90 Å². The molecule has 1 aromatic rings. The molecular formula is C19H32N2. The Morgan fingerprint density at radius 2 is 1.95 bits per heavy atom. The maximum Gasteiger partial charge on any atom is 0.0177 e. The van der Waals surface area contributed by atoms with E-state index < -0.39 is 0 Å². The van der Waals surface area contributed by atoms with Gasteiger partial charge in [-0.2, -0.15) is 0 Å². The van der Waals surface area contributed by atoms with Crippen molar-refractivity contribution in [2.75, 3.05) is 19.6 Å². The predicted molar refractivity (Wildman–Crippen MR) is 91.8 cm³/mol. The van der Waals surface area contributed by atoms with Crippen LogP contribution in [0.1, 0.15) is 52.5 Å². The van der Waals surface area contributed by atoms with Crippen LogP contribution >= 0.6 is 0 Å². The molecule has 2 unspecified atom stereocenters. The van der Waals surface area contributed by atoms with E-state index in [0.29, 0.717) is 6.04 Å². The van der Waals surface area contributed by atoms with Gasteiger partial charge in [0, 0.05) is 30.6 Å². The number of nitrogens with zero attached hydrogens (tertiary/aromatic N) is 1. The van der Waals surface area contributed by atoms with E-state index in [0.717, 1.165) is 19.1 Å². The van der Waals surface area contributed by atoms with Crippen molar-refractivity contribution in [3.8, 4) is 0 Å². The summed E-state index contributed by atoms with van der Waals surface area (Å²) >= 11 is 0. The van der Waals surface area contributed by atoms with Crippen LogP contribution < -0.4 is 5.32 Å². The average molecular weight is 288 g/mol. The number of nitrogens with one attached hydrogen (secondary N) is 1. The van der Waals surface area contributed by atoms with Gasteiger partial charge in [-0.05, 0) is 31.9 Å². The third-order valence-corrected chi connectivity index (χ3v) is 4.86. The van der Waals surface area contributed by atoms with E-state index in [1.165, 1.54) is 31.4 Å². The van der Waals surface area contributed by atoms with Gasteiger partial charge >= 0.3 is 0 Å². The van der Waals surface area contributed by atoms with Crippen molar-refractivity contribution in [2.24, 2.45) is 0 Å². The number of benzene rings is 1. The molecular weight excluding hydrogens is 256 g/mol. The van der Waals surface area contributed by atoms with Gasteiger partial charge in [-0.1, -0.05) is 57.5 Å². The molecule has 1 fully saturated rings. The van der Waals surface area contributed by atoms with Crippen molar-refractivity contribution >= 4 is 0 Å². The zero-order chi connectivity index (χ0) is 15.3. The number of piperidine rings is 1. The first kappa shape index (κ1) is 16.5. The molecule has 1 aliphatic heterocycles. The Bertz CT molecular complexity index is 415. The van der Waals surface area contributed by atoms with Crippen molar-refractivity contribution in [3.63, 3.8) is 0 Å². The van der Waals surface area contributed by atoms with Crippen molar-refractivity contribution in [1.29, 1.82) is 0 Å². The highest BCUT2D eigenvalue weighted by Crippen LogP contribution is 2.28. The van der Waals surface area contributed by atoms with Gasteiger partial charge < -0.3 is 5.32 Å². The standard InChI is InChI=1S/C19H32N2/c1-16(2)20-14-19(4,18-11-6-5-7-12-18)15-21-13-9-8-10-17(21)3/h5-7,11-12,16-17,20H,8-10,13-15H2,1-4H3. The molecule has 1 N–H and O–H groups in total. The summed E-state index contributed by atoms with van der Waals surface area (Å²) in [6.45, 7) is 12.7. The molecule has 1 aliphatic rings. The highest BCUT2D eigenvalue weighted by Gasteiger charge is 2.31. The lowest BCUT2D eigenvalue weighted by atomic mass is 9.80. The molecule has 118 valence electrons. The third kappa shape index (κ3) is 4.55. The fraction of sp³-hybridized carbons (Fsp3) is 0.684. The molecule has 2 rings (SSSR count). The van der Waals surface area contributed by atoms with Crippen LogP contribution in [-0.4, -0.2) is 36.6 Å². The van der Waals surface area contributed by atoms with E-state index in [9.17, 15) is 0 Å². The first-order valence-corrected chi connectivity index (χ1v) is 8.54. The number of rotatable bonds is 6. The summed E-state index contributed by atoms with van der Waals surface area (Å²) < 4.78 is 0. The van der Waals surface area contributed by atoms with Crippen LogP contribution in [0.3, 0.4) is 0 Å². The summed E-state index contributed by atoms with van der Waals surface area (Å²) in [4.78, 5) is 2.69. The molecule has 1 aromatic carbocycles. The highest BCUT2D eigenvalue weighted by molar-refractivity contribution is 5.26. The molecule has 2 atom stereocenters. The zero-order valence-corrected chi connectivity index (χ0v) is 14.2. The Balaban J connectivity index is 2.15. The third-order valence-electron chi connectivity index (χ3n) is 4.86. The Labute approximate surface area is 130 Å². The lowest BCUT2D eigenvalue weighted by Crippen LogP contribution is -2.50. The summed E-state index contributed by atoms with van der Waals surface area (Å²) in [7, 11) is 0. The maximum absolute atomic E-state index is 3.66. The fourth-order valence-electron chi connectivity index (χ4n) is 3.36. The molecule has 0 saturated carbocycles. The zero-order valence-electron chi connectivity index (χ0n) is 14.2. The quantitative estimate of drug-likeness (QED) is 0.856. The topological polar surface area (TPSA) is 15.3 Å². The molecule has 0 radical (unpaired) electrons. The minimum atomic E-state index is 0.178. The number of likely N-dealkylation sites (tertiary alicyclic amines) is 1. The van der Waals surface area contributed by atoms with Gasteiger partial charge in [0.15, 0.2) is 0 Å². The molecule has 1 saturated heterocycles. The van der Waals surface area contributed by atoms with E-state index in [4.69, 9.17) is 0 Å². The summed E-state index contributed by atoms with van der Waals surface area (Å²) in [6.07, 6.45) is 4.10. The molecule has 0 aliphatic carbocycles. The Morgan fingerprint density at radius 1 is 1.24 bits per heavy atom. The summed E-state index contributed by atoms with van der Waals surface area (Å²) in [5.41, 5.74) is 1.63. The van der Waals surface area contributed by atoms with Crippen molar-refractivity contribution < 1.29 is 0 Å². The first-order chi connectivity index (χ1) is 10.0. The van der Waals surface area contributed by atoms with E-state index in [1.807, 2.05) is 0 Å². The first-order valence-electron chi connectivity index (χ1n) is 8.54. The molecule has 2 heteroatoms. The molecule has 21 heavy (non-hydrogen) atoms. The Kier molecular flexibility index (Phi) is 5.83. The van der Waals surface area contributed by atoms with E-state index in [2.05, 4.69) is 68.2 Å². The van der Waals surface area contributed by atoms with Gasteiger partial charge in [-0.25, -0.2) is 0 Å². The molecule has 0 aromatic heterocycles. The van der Waals surface area contributed by atoms with Gasteiger partial charge in [0.25, 0.3) is 0 Å². The van der Waals surface area contributed by atoms with E-state index in [-0.39, 0.29) is 5.41 Å². The SMILES string of the molecule is CC(C)NCC(C)(CN1CCCCC1C)c1ccccc1. The number of hydrogen-bond donors (Lipinski definition) is 1. The Hall–Kier alpha value is -0.860. The van der Waals surface area contributed by atoms with Crippen LogP contribution in [0.5, 0.6) is 0 Å². The minimum absolute atomic E-state index is 0.178. The lowest BCUT2D eigenvalue weighted by Gasteiger charge is -2.41. The van der Waals surface area contributed by atoms with Crippen LogP contribution in [-0.2, 0) is 5.41 Å². The van der Waals surface area contributed by atoms with E-state index >= 15 is 0 Å². The van der Waals surface area contributed by atoms with Crippen LogP contribution in [0.25, 0.3) is 0 Å². The molecule has 2 nitrogen and oxygen atoms in total. The smallest absolute Gasteiger partial charge is 0.0177 e. The van der Waals surface area contributed by atoms with Crippen molar-refractivity contribution in [2.45, 2.75) is 64.5 Å². The van der Waals surface area contributed by atoms with Crippen LogP contribution in [0, 0.1) is 0 Å². The molecule has 0 amide bonds. The number of hydrogen-bond acceptors (Lipinski definition) is 2. The lowest BCUT2D eigenvalue weighted by molar-refractivity contribution is 0.125. The van der Waals surface area contributed by atoms with Crippen LogP contribution in [0.15, 0.2) is 30.3 Å². The van der Waals surface area contributed by atoms with Crippen molar-refractivity contribution in [3.05, 3.63) is 35.9 Å². The minimum Gasteiger partial charge on any atom is -0.314 e. The van der Waals surface area contributed by atoms with Crippen molar-refractivity contribution in [1.82, 2.24) is 10.2 Å². The predicted octanol–water partition coefficient (Wildman–Crippen LogP) is 3.82. The molecule has 0 spiro atoms. The molecule has 0 bridgehead atoms. The van der Waals surface area contributed by atoms with Gasteiger partial charge in [0.2, 0.25) is 0 Å². The van der Waals surface area contributed by atoms with Crippen LogP contribution in [0.2, 0.25) is 0 Å². The maximum atomic E-state index is 3.66. The summed E-state index contributed by atoms with van der Waals surface area (Å²) in [5.74, 6) is 0. The summed E-state index contributed by atoms with van der Waals surface area (Å²) in [5, 5.41) is 3.66. The van der Waals surface area contributed by atoms with Gasteiger partial charge in [-0.15, -0.1) is 0 Å². The van der Waals surface area contributed by atoms with Gasteiger partial charge in [0.1, 0.15) is 0 Å². The largest absolute Gasteiger partial charge is 0.314 e.